The molecule has 0 heterocycles. The SMILES string of the molecule is CC(=O)OCCCCCCC=O. The van der Waals surface area contributed by atoms with E-state index in [9.17, 15) is 9.59 Å². The third kappa shape index (κ3) is 9.14. The lowest BCUT2D eigenvalue weighted by molar-refractivity contribution is -0.141. The summed E-state index contributed by atoms with van der Waals surface area (Å²) in [5, 5.41) is 0. The molecule has 0 aromatic carbocycles. The monoisotopic (exact) mass is 172 g/mol. The molecule has 0 aromatic heterocycles. The van der Waals surface area contributed by atoms with E-state index in [0.717, 1.165) is 32.0 Å². The van der Waals surface area contributed by atoms with Crippen molar-refractivity contribution in [1.29, 1.82) is 0 Å². The third-order valence-electron chi connectivity index (χ3n) is 1.52. The Kier molecular flexibility index (Phi) is 7.65. The Balaban J connectivity index is 2.90. The van der Waals surface area contributed by atoms with Crippen LogP contribution >= 0.6 is 0 Å². The molecule has 0 aliphatic carbocycles. The predicted octanol–water partition coefficient (Wildman–Crippen LogP) is 1.70. The summed E-state index contributed by atoms with van der Waals surface area (Å²) in [7, 11) is 0. The zero-order chi connectivity index (χ0) is 9.23. The molecule has 0 fully saturated rings. The lowest BCUT2D eigenvalue weighted by Gasteiger charge is -2.00. The summed E-state index contributed by atoms with van der Waals surface area (Å²) in [5.41, 5.74) is 0. The quantitative estimate of drug-likeness (QED) is 0.333. The van der Waals surface area contributed by atoms with E-state index in [2.05, 4.69) is 0 Å². The fourth-order valence-electron chi connectivity index (χ4n) is 0.899. The number of unbranched alkanes of at least 4 members (excludes halogenated alkanes) is 4. The molecule has 0 amide bonds. The van der Waals surface area contributed by atoms with Crippen molar-refractivity contribution >= 4 is 12.3 Å². The van der Waals surface area contributed by atoms with Gasteiger partial charge in [0.15, 0.2) is 0 Å². The second-order valence-corrected chi connectivity index (χ2v) is 2.71. The molecule has 0 saturated heterocycles. The van der Waals surface area contributed by atoms with Gasteiger partial charge in [0, 0.05) is 13.3 Å². The standard InChI is InChI=1S/C9H16O3/c1-9(11)12-8-6-4-2-3-5-7-10/h7H,2-6,8H2,1H3. The van der Waals surface area contributed by atoms with Gasteiger partial charge < -0.3 is 9.53 Å². The minimum Gasteiger partial charge on any atom is -0.466 e. The minimum absolute atomic E-state index is 0.220. The summed E-state index contributed by atoms with van der Waals surface area (Å²) < 4.78 is 4.74. The maximum Gasteiger partial charge on any atom is 0.302 e. The summed E-state index contributed by atoms with van der Waals surface area (Å²) in [6.45, 7) is 1.92. The van der Waals surface area contributed by atoms with E-state index >= 15 is 0 Å². The molecule has 0 saturated carbocycles. The number of esters is 1. The Morgan fingerprint density at radius 1 is 1.25 bits per heavy atom. The fourth-order valence-corrected chi connectivity index (χ4v) is 0.899. The van der Waals surface area contributed by atoms with Gasteiger partial charge in [-0.25, -0.2) is 0 Å². The van der Waals surface area contributed by atoms with Gasteiger partial charge in [-0.05, 0) is 12.8 Å². The Hall–Kier alpha value is -0.860. The topological polar surface area (TPSA) is 43.4 Å². The molecule has 3 nitrogen and oxygen atoms in total. The number of rotatable bonds is 7. The van der Waals surface area contributed by atoms with Crippen molar-refractivity contribution in [3.05, 3.63) is 0 Å². The number of ether oxygens (including phenoxy) is 1. The van der Waals surface area contributed by atoms with Crippen LogP contribution < -0.4 is 0 Å². The third-order valence-corrected chi connectivity index (χ3v) is 1.52. The Bertz CT molecular complexity index is 132. The largest absolute Gasteiger partial charge is 0.466 e. The molecule has 0 unspecified atom stereocenters. The number of hydrogen-bond acceptors (Lipinski definition) is 3. The van der Waals surface area contributed by atoms with Gasteiger partial charge in [-0.1, -0.05) is 12.8 Å². The van der Waals surface area contributed by atoms with Gasteiger partial charge in [0.05, 0.1) is 6.61 Å². The van der Waals surface area contributed by atoms with Crippen LogP contribution in [0.2, 0.25) is 0 Å². The van der Waals surface area contributed by atoms with E-state index in [0.29, 0.717) is 13.0 Å². The fraction of sp³-hybridized carbons (Fsp3) is 0.778. The molecule has 0 aromatic rings. The smallest absolute Gasteiger partial charge is 0.302 e. The van der Waals surface area contributed by atoms with Crippen molar-refractivity contribution in [2.24, 2.45) is 0 Å². The Morgan fingerprint density at radius 3 is 2.50 bits per heavy atom. The lowest BCUT2D eigenvalue weighted by Crippen LogP contribution is -2.00. The first-order valence-corrected chi connectivity index (χ1v) is 4.34. The highest BCUT2D eigenvalue weighted by Gasteiger charge is 1.92. The van der Waals surface area contributed by atoms with E-state index in [-0.39, 0.29) is 5.97 Å². The normalized spacial score (nSPS) is 9.42. The van der Waals surface area contributed by atoms with Crippen LogP contribution in [-0.2, 0) is 14.3 Å². The van der Waals surface area contributed by atoms with Crippen molar-refractivity contribution in [3.8, 4) is 0 Å². The van der Waals surface area contributed by atoms with Crippen LogP contribution in [0.15, 0.2) is 0 Å². The summed E-state index contributed by atoms with van der Waals surface area (Å²) in [4.78, 5) is 20.2. The average Bonchev–Trinajstić information content (AvgIpc) is 2.02. The number of carbonyl (C=O) groups is 2. The highest BCUT2D eigenvalue weighted by Crippen LogP contribution is 2.01. The summed E-state index contributed by atoms with van der Waals surface area (Å²) >= 11 is 0. The number of carbonyl (C=O) groups excluding carboxylic acids is 2. The number of hydrogen-bond donors (Lipinski definition) is 0. The van der Waals surface area contributed by atoms with E-state index in [1.165, 1.54) is 6.92 Å². The zero-order valence-electron chi connectivity index (χ0n) is 7.54. The van der Waals surface area contributed by atoms with Crippen LogP contribution in [0, 0.1) is 0 Å². The second kappa shape index (κ2) is 8.24. The highest BCUT2D eigenvalue weighted by atomic mass is 16.5. The van der Waals surface area contributed by atoms with Gasteiger partial charge in [0.25, 0.3) is 0 Å². The maximum absolute atomic E-state index is 10.3. The van der Waals surface area contributed by atoms with Crippen LogP contribution in [-0.4, -0.2) is 18.9 Å². The molecule has 12 heavy (non-hydrogen) atoms. The summed E-state index contributed by atoms with van der Waals surface area (Å²) in [5.74, 6) is -0.220. The molecule has 3 heteroatoms. The van der Waals surface area contributed by atoms with Crippen LogP contribution in [0.5, 0.6) is 0 Å². The highest BCUT2D eigenvalue weighted by molar-refractivity contribution is 5.65. The molecule has 0 N–H and O–H groups in total. The van der Waals surface area contributed by atoms with Crippen LogP contribution in [0.3, 0.4) is 0 Å². The average molecular weight is 172 g/mol. The Morgan fingerprint density at radius 2 is 1.92 bits per heavy atom. The zero-order valence-corrected chi connectivity index (χ0v) is 7.54. The van der Waals surface area contributed by atoms with Crippen molar-refractivity contribution in [1.82, 2.24) is 0 Å². The van der Waals surface area contributed by atoms with Crippen LogP contribution in [0.1, 0.15) is 39.0 Å². The van der Waals surface area contributed by atoms with Crippen molar-refractivity contribution < 1.29 is 14.3 Å². The second-order valence-electron chi connectivity index (χ2n) is 2.71. The minimum atomic E-state index is -0.220. The lowest BCUT2D eigenvalue weighted by atomic mass is 10.2. The van der Waals surface area contributed by atoms with Crippen LogP contribution in [0.4, 0.5) is 0 Å². The van der Waals surface area contributed by atoms with Gasteiger partial charge in [-0.2, -0.15) is 0 Å². The number of aldehydes is 1. The molecular weight excluding hydrogens is 156 g/mol. The molecule has 0 rings (SSSR count). The summed E-state index contributed by atoms with van der Waals surface area (Å²) in [6, 6.07) is 0. The van der Waals surface area contributed by atoms with Crippen LogP contribution in [0.25, 0.3) is 0 Å². The summed E-state index contributed by atoms with van der Waals surface area (Å²) in [6.07, 6.45) is 5.50. The molecule has 70 valence electrons. The molecule has 0 spiro atoms. The molecule has 0 bridgehead atoms. The van der Waals surface area contributed by atoms with Crippen molar-refractivity contribution in [3.63, 3.8) is 0 Å². The van der Waals surface area contributed by atoms with Gasteiger partial charge >= 0.3 is 5.97 Å². The molecule has 0 radical (unpaired) electrons. The molecule has 0 atom stereocenters. The van der Waals surface area contributed by atoms with E-state index in [4.69, 9.17) is 4.74 Å². The van der Waals surface area contributed by atoms with Crippen molar-refractivity contribution in [2.75, 3.05) is 6.61 Å². The Labute approximate surface area is 73.1 Å². The maximum atomic E-state index is 10.3. The first-order valence-electron chi connectivity index (χ1n) is 4.34. The predicted molar refractivity (Wildman–Crippen MR) is 45.8 cm³/mol. The van der Waals surface area contributed by atoms with Crippen molar-refractivity contribution in [2.45, 2.75) is 39.0 Å². The molecule has 0 aliphatic heterocycles. The molecular formula is C9H16O3. The van der Waals surface area contributed by atoms with Gasteiger partial charge in [-0.15, -0.1) is 0 Å². The first-order chi connectivity index (χ1) is 5.77. The van der Waals surface area contributed by atoms with E-state index < -0.39 is 0 Å². The molecule has 0 aliphatic rings. The first kappa shape index (κ1) is 11.1. The van der Waals surface area contributed by atoms with Gasteiger partial charge in [0.2, 0.25) is 0 Å². The van der Waals surface area contributed by atoms with Gasteiger partial charge in [0.1, 0.15) is 6.29 Å². The van der Waals surface area contributed by atoms with E-state index in [1.54, 1.807) is 0 Å². The van der Waals surface area contributed by atoms with E-state index in [1.807, 2.05) is 0 Å². The van der Waals surface area contributed by atoms with Gasteiger partial charge in [-0.3, -0.25) is 4.79 Å².